The van der Waals surface area contributed by atoms with Crippen molar-refractivity contribution in [2.75, 3.05) is 19.8 Å². The molecular weight excluding hydrogens is 273 g/mol. The van der Waals surface area contributed by atoms with Gasteiger partial charge in [0.1, 0.15) is 12.4 Å². The molecule has 0 unspecified atom stereocenters. The predicted octanol–water partition coefficient (Wildman–Crippen LogP) is 2.02. The Morgan fingerprint density at radius 1 is 1.57 bits per heavy atom. The van der Waals surface area contributed by atoms with Crippen molar-refractivity contribution >= 4 is 5.97 Å². The lowest BCUT2D eigenvalue weighted by molar-refractivity contribution is -0.148. The lowest BCUT2D eigenvalue weighted by atomic mass is 9.81. The van der Waals surface area contributed by atoms with Gasteiger partial charge >= 0.3 is 5.97 Å². The molecule has 0 radical (unpaired) electrons. The summed E-state index contributed by atoms with van der Waals surface area (Å²) in [5.41, 5.74) is 5.28. The minimum absolute atomic E-state index is 0.131. The zero-order valence-electron chi connectivity index (χ0n) is 12.3. The highest BCUT2D eigenvalue weighted by molar-refractivity contribution is 5.82. The Morgan fingerprint density at radius 3 is 2.71 bits per heavy atom. The van der Waals surface area contributed by atoms with Crippen LogP contribution >= 0.6 is 0 Å². The summed E-state index contributed by atoms with van der Waals surface area (Å²) in [6.45, 7) is 7.61. The van der Waals surface area contributed by atoms with E-state index in [1.54, 1.807) is 26.0 Å². The molecule has 114 valence electrons. The van der Waals surface area contributed by atoms with Crippen LogP contribution in [-0.4, -0.2) is 25.8 Å². The summed E-state index contributed by atoms with van der Waals surface area (Å²) in [6.07, 6.45) is 1.49. The van der Waals surface area contributed by atoms with Gasteiger partial charge in [0.15, 0.2) is 0 Å². The highest BCUT2D eigenvalue weighted by Crippen LogP contribution is 2.32. The highest BCUT2D eigenvalue weighted by atomic mass is 19.1. The summed E-state index contributed by atoms with van der Waals surface area (Å²) in [7, 11) is 0. The Hall–Kier alpha value is -1.72. The Labute approximate surface area is 123 Å². The maximum Gasteiger partial charge on any atom is 0.316 e. The number of hydrogen-bond donors (Lipinski definition) is 1. The van der Waals surface area contributed by atoms with Crippen LogP contribution in [0.15, 0.2) is 30.9 Å². The Balaban J connectivity index is 2.26. The average Bonchev–Trinajstić information content (AvgIpc) is 2.41. The third kappa shape index (κ3) is 2.84. The van der Waals surface area contributed by atoms with Crippen LogP contribution in [0.1, 0.15) is 25.0 Å². The van der Waals surface area contributed by atoms with Crippen molar-refractivity contribution in [2.45, 2.75) is 24.8 Å². The van der Waals surface area contributed by atoms with Crippen LogP contribution in [0.5, 0.6) is 0 Å². The number of nitrogens with two attached hydrogens (primary N) is 1. The molecule has 0 aromatic heterocycles. The smallest absolute Gasteiger partial charge is 0.316 e. The number of benzene rings is 1. The topological polar surface area (TPSA) is 61.5 Å². The second-order valence-electron chi connectivity index (χ2n) is 5.86. The Kier molecular flexibility index (Phi) is 4.16. The molecule has 0 atom stereocenters. The third-order valence-corrected chi connectivity index (χ3v) is 3.79. The largest absolute Gasteiger partial charge is 0.461 e. The molecule has 1 aliphatic rings. The van der Waals surface area contributed by atoms with Crippen LogP contribution in [0.3, 0.4) is 0 Å². The first kappa shape index (κ1) is 15.7. The maximum absolute atomic E-state index is 14.3. The minimum Gasteiger partial charge on any atom is -0.461 e. The van der Waals surface area contributed by atoms with E-state index in [1.807, 2.05) is 0 Å². The van der Waals surface area contributed by atoms with Crippen molar-refractivity contribution in [3.63, 3.8) is 0 Å². The van der Waals surface area contributed by atoms with Gasteiger partial charge in [-0.3, -0.25) is 4.79 Å². The van der Waals surface area contributed by atoms with Gasteiger partial charge < -0.3 is 15.2 Å². The van der Waals surface area contributed by atoms with Crippen molar-refractivity contribution < 1.29 is 18.7 Å². The van der Waals surface area contributed by atoms with Crippen LogP contribution in [0.25, 0.3) is 0 Å². The molecule has 1 saturated heterocycles. The molecule has 2 N–H and O–H groups in total. The lowest BCUT2D eigenvalue weighted by Crippen LogP contribution is -2.54. The molecule has 0 bridgehead atoms. The molecule has 0 aliphatic carbocycles. The molecule has 1 aromatic rings. The number of halogens is 1. The maximum atomic E-state index is 14.3. The van der Waals surface area contributed by atoms with Crippen molar-refractivity contribution in [2.24, 2.45) is 5.73 Å². The first-order valence-electron chi connectivity index (χ1n) is 6.76. The Morgan fingerprint density at radius 2 is 2.24 bits per heavy atom. The zero-order valence-corrected chi connectivity index (χ0v) is 12.3. The van der Waals surface area contributed by atoms with E-state index in [0.717, 1.165) is 0 Å². The van der Waals surface area contributed by atoms with Gasteiger partial charge in [0.25, 0.3) is 0 Å². The van der Waals surface area contributed by atoms with Gasteiger partial charge in [-0.15, -0.1) is 0 Å². The van der Waals surface area contributed by atoms with Gasteiger partial charge in [0, 0.05) is 5.56 Å². The molecule has 0 spiro atoms. The molecule has 1 aromatic carbocycles. The molecule has 4 nitrogen and oxygen atoms in total. The standard InChI is InChI=1S/C16H20FNO3/c1-4-7-21-14(19)15(2,3)11-5-6-12(13(17)8-11)16(18)9-20-10-16/h4-6,8H,1,7,9-10,18H2,2-3H3. The molecule has 1 fully saturated rings. The molecule has 1 aliphatic heterocycles. The average molecular weight is 293 g/mol. The number of ether oxygens (including phenoxy) is 2. The van der Waals surface area contributed by atoms with Crippen LogP contribution in [0.4, 0.5) is 4.39 Å². The first-order valence-corrected chi connectivity index (χ1v) is 6.76. The summed E-state index contributed by atoms with van der Waals surface area (Å²) in [4.78, 5) is 12.0. The molecule has 21 heavy (non-hydrogen) atoms. The van der Waals surface area contributed by atoms with Gasteiger partial charge in [-0.1, -0.05) is 24.8 Å². The molecular formula is C16H20FNO3. The van der Waals surface area contributed by atoms with E-state index in [9.17, 15) is 9.18 Å². The monoisotopic (exact) mass is 293 g/mol. The van der Waals surface area contributed by atoms with E-state index >= 15 is 0 Å². The normalized spacial score (nSPS) is 17.0. The van der Waals surface area contributed by atoms with Gasteiger partial charge in [-0.25, -0.2) is 4.39 Å². The SMILES string of the molecule is C=CCOC(=O)C(C)(C)c1ccc(C2(N)COC2)c(F)c1. The summed E-state index contributed by atoms with van der Waals surface area (Å²) < 4.78 is 24.4. The van der Waals surface area contributed by atoms with Crippen LogP contribution in [0.2, 0.25) is 0 Å². The third-order valence-electron chi connectivity index (χ3n) is 3.79. The van der Waals surface area contributed by atoms with Gasteiger partial charge in [0.2, 0.25) is 0 Å². The predicted molar refractivity (Wildman–Crippen MR) is 77.3 cm³/mol. The zero-order chi connectivity index (χ0) is 15.7. The van der Waals surface area contributed by atoms with Gasteiger partial charge in [0.05, 0.1) is 24.2 Å². The highest BCUT2D eigenvalue weighted by Gasteiger charge is 2.39. The van der Waals surface area contributed by atoms with Gasteiger partial charge in [-0.2, -0.15) is 0 Å². The number of rotatable bonds is 5. The summed E-state index contributed by atoms with van der Waals surface area (Å²) in [5.74, 6) is -0.855. The molecule has 5 heteroatoms. The fraction of sp³-hybridized carbons (Fsp3) is 0.438. The second kappa shape index (κ2) is 5.58. The van der Waals surface area contributed by atoms with E-state index in [-0.39, 0.29) is 6.61 Å². The van der Waals surface area contributed by atoms with Crippen LogP contribution in [-0.2, 0) is 25.2 Å². The van der Waals surface area contributed by atoms with Crippen molar-refractivity contribution in [1.29, 1.82) is 0 Å². The van der Waals surface area contributed by atoms with Gasteiger partial charge in [-0.05, 0) is 25.5 Å². The molecule has 2 rings (SSSR count). The lowest BCUT2D eigenvalue weighted by Gasteiger charge is -2.38. The van der Waals surface area contributed by atoms with E-state index in [1.165, 1.54) is 12.1 Å². The first-order chi connectivity index (χ1) is 9.81. The number of carbonyl (C=O) groups excluding carboxylic acids is 1. The van der Waals surface area contributed by atoms with Crippen LogP contribution in [0, 0.1) is 5.82 Å². The summed E-state index contributed by atoms with van der Waals surface area (Å²) in [5, 5.41) is 0. The summed E-state index contributed by atoms with van der Waals surface area (Å²) >= 11 is 0. The van der Waals surface area contributed by atoms with E-state index in [2.05, 4.69) is 6.58 Å². The van der Waals surface area contributed by atoms with Crippen LogP contribution < -0.4 is 5.73 Å². The minimum atomic E-state index is -0.944. The molecule has 1 heterocycles. The summed E-state index contributed by atoms with van der Waals surface area (Å²) in [6, 6.07) is 4.67. The van der Waals surface area contributed by atoms with Crippen molar-refractivity contribution in [3.05, 3.63) is 47.8 Å². The van der Waals surface area contributed by atoms with Crippen molar-refractivity contribution in [3.8, 4) is 0 Å². The van der Waals surface area contributed by atoms with E-state index in [0.29, 0.717) is 24.3 Å². The fourth-order valence-electron chi connectivity index (χ4n) is 2.22. The van der Waals surface area contributed by atoms with E-state index < -0.39 is 22.7 Å². The quantitative estimate of drug-likeness (QED) is 0.666. The molecule has 0 saturated carbocycles. The fourth-order valence-corrected chi connectivity index (χ4v) is 2.22. The van der Waals surface area contributed by atoms with Crippen molar-refractivity contribution in [1.82, 2.24) is 0 Å². The Bertz CT molecular complexity index is 565. The number of esters is 1. The number of hydrogen-bond acceptors (Lipinski definition) is 4. The molecule has 0 amide bonds. The number of carbonyl (C=O) groups is 1. The second-order valence-corrected chi connectivity index (χ2v) is 5.86. The van der Waals surface area contributed by atoms with E-state index in [4.69, 9.17) is 15.2 Å².